The predicted octanol–water partition coefficient (Wildman–Crippen LogP) is 1.19. The molecule has 0 radical (unpaired) electrons. The molecule has 114 valence electrons. The molecule has 2 atom stereocenters. The van der Waals surface area contributed by atoms with Crippen molar-refractivity contribution in [3.05, 3.63) is 30.1 Å². The molecule has 0 bridgehead atoms. The summed E-state index contributed by atoms with van der Waals surface area (Å²) in [5, 5.41) is 2.74. The van der Waals surface area contributed by atoms with Gasteiger partial charge in [-0.25, -0.2) is 4.39 Å². The van der Waals surface area contributed by atoms with Gasteiger partial charge in [-0.05, 0) is 19.1 Å². The summed E-state index contributed by atoms with van der Waals surface area (Å²) in [5.41, 5.74) is 0. The van der Waals surface area contributed by atoms with Crippen LogP contribution < -0.4 is 10.1 Å². The standard InChI is InChI=1S/C15H19FN2O3/c1-10(21-13-6-4-3-5-12(13)16)8-17-15(20)11-7-14(19)18(2)9-11/h3-6,10-11H,7-9H2,1-2H3,(H,17,20)/t10-,11+/m0/s1. The number of benzene rings is 1. The first-order chi connectivity index (χ1) is 9.97. The smallest absolute Gasteiger partial charge is 0.225 e. The van der Waals surface area contributed by atoms with Crippen molar-refractivity contribution in [2.24, 2.45) is 5.92 Å². The number of amides is 2. The monoisotopic (exact) mass is 294 g/mol. The summed E-state index contributed by atoms with van der Waals surface area (Å²) in [4.78, 5) is 24.9. The summed E-state index contributed by atoms with van der Waals surface area (Å²) >= 11 is 0. The Bertz CT molecular complexity index is 535. The van der Waals surface area contributed by atoms with Gasteiger partial charge in [-0.3, -0.25) is 9.59 Å². The van der Waals surface area contributed by atoms with Gasteiger partial charge >= 0.3 is 0 Å². The molecule has 2 amide bonds. The number of hydrogen-bond donors (Lipinski definition) is 1. The molecule has 1 aromatic carbocycles. The molecule has 1 aliphatic heterocycles. The van der Waals surface area contributed by atoms with Gasteiger partial charge in [0.05, 0.1) is 12.5 Å². The lowest BCUT2D eigenvalue weighted by Gasteiger charge is -2.17. The third-order valence-corrected chi connectivity index (χ3v) is 3.44. The maximum absolute atomic E-state index is 13.4. The van der Waals surface area contributed by atoms with E-state index in [1.54, 1.807) is 31.0 Å². The van der Waals surface area contributed by atoms with Gasteiger partial charge < -0.3 is 15.0 Å². The van der Waals surface area contributed by atoms with E-state index in [1.165, 1.54) is 12.1 Å². The Morgan fingerprint density at radius 3 is 2.86 bits per heavy atom. The van der Waals surface area contributed by atoms with Crippen LogP contribution >= 0.6 is 0 Å². The van der Waals surface area contributed by atoms with Gasteiger partial charge in [-0.15, -0.1) is 0 Å². The van der Waals surface area contributed by atoms with E-state index in [4.69, 9.17) is 4.74 Å². The summed E-state index contributed by atoms with van der Waals surface area (Å²) in [6.45, 7) is 2.45. The number of likely N-dealkylation sites (tertiary alicyclic amines) is 1. The van der Waals surface area contributed by atoms with Crippen LogP contribution in [0.25, 0.3) is 0 Å². The van der Waals surface area contributed by atoms with Gasteiger partial charge in [-0.1, -0.05) is 12.1 Å². The van der Waals surface area contributed by atoms with Gasteiger partial charge in [0.2, 0.25) is 11.8 Å². The summed E-state index contributed by atoms with van der Waals surface area (Å²) in [6, 6.07) is 6.13. The van der Waals surface area contributed by atoms with Crippen molar-refractivity contribution in [2.45, 2.75) is 19.4 Å². The fourth-order valence-corrected chi connectivity index (χ4v) is 2.23. The van der Waals surface area contributed by atoms with Crippen molar-refractivity contribution in [1.82, 2.24) is 10.2 Å². The molecular weight excluding hydrogens is 275 g/mol. The zero-order chi connectivity index (χ0) is 15.4. The SMILES string of the molecule is C[C@@H](CNC(=O)[C@@H]1CC(=O)N(C)C1)Oc1ccccc1F. The molecule has 0 unspecified atom stereocenters. The van der Waals surface area contributed by atoms with Gasteiger partial charge in [0.15, 0.2) is 11.6 Å². The largest absolute Gasteiger partial charge is 0.486 e. The van der Waals surface area contributed by atoms with E-state index in [0.29, 0.717) is 6.54 Å². The molecule has 1 saturated heterocycles. The number of carbonyl (C=O) groups excluding carboxylic acids is 2. The van der Waals surface area contributed by atoms with Crippen LogP contribution in [0, 0.1) is 11.7 Å². The van der Waals surface area contributed by atoms with E-state index in [-0.39, 0.29) is 42.6 Å². The lowest BCUT2D eigenvalue weighted by Crippen LogP contribution is -2.38. The van der Waals surface area contributed by atoms with Crippen LogP contribution in [-0.4, -0.2) is 43.0 Å². The second kappa shape index (κ2) is 6.56. The Morgan fingerprint density at radius 1 is 1.52 bits per heavy atom. The van der Waals surface area contributed by atoms with E-state index in [1.807, 2.05) is 0 Å². The highest BCUT2D eigenvalue weighted by Crippen LogP contribution is 2.18. The topological polar surface area (TPSA) is 58.6 Å². The summed E-state index contributed by atoms with van der Waals surface area (Å²) in [6.07, 6.45) is -0.120. The first kappa shape index (κ1) is 15.3. The van der Waals surface area contributed by atoms with E-state index >= 15 is 0 Å². The molecule has 0 spiro atoms. The predicted molar refractivity (Wildman–Crippen MR) is 75.2 cm³/mol. The molecule has 21 heavy (non-hydrogen) atoms. The van der Waals surface area contributed by atoms with E-state index in [9.17, 15) is 14.0 Å². The number of ether oxygens (including phenoxy) is 1. The number of hydrogen-bond acceptors (Lipinski definition) is 3. The second-order valence-electron chi connectivity index (χ2n) is 5.28. The number of halogens is 1. The maximum Gasteiger partial charge on any atom is 0.225 e. The first-order valence-electron chi connectivity index (χ1n) is 6.90. The van der Waals surface area contributed by atoms with Crippen LogP contribution in [0.5, 0.6) is 5.75 Å². The third-order valence-electron chi connectivity index (χ3n) is 3.44. The average molecular weight is 294 g/mol. The van der Waals surface area contributed by atoms with Crippen molar-refractivity contribution >= 4 is 11.8 Å². The van der Waals surface area contributed by atoms with Gasteiger partial charge in [0, 0.05) is 20.0 Å². The molecule has 1 aliphatic rings. The first-order valence-corrected chi connectivity index (χ1v) is 6.90. The molecule has 0 saturated carbocycles. The maximum atomic E-state index is 13.4. The van der Waals surface area contributed by atoms with E-state index in [0.717, 1.165) is 0 Å². The minimum atomic E-state index is -0.432. The van der Waals surface area contributed by atoms with Crippen LogP contribution in [0.2, 0.25) is 0 Å². The Hall–Kier alpha value is -2.11. The molecule has 0 aromatic heterocycles. The highest BCUT2D eigenvalue weighted by molar-refractivity contribution is 5.89. The van der Waals surface area contributed by atoms with Crippen LogP contribution in [0.1, 0.15) is 13.3 Å². The van der Waals surface area contributed by atoms with E-state index < -0.39 is 5.82 Å². The third kappa shape index (κ3) is 3.93. The van der Waals surface area contributed by atoms with Crippen molar-refractivity contribution in [3.63, 3.8) is 0 Å². The Balaban J connectivity index is 1.79. The number of rotatable bonds is 5. The Kier molecular flexibility index (Phi) is 4.77. The van der Waals surface area contributed by atoms with Crippen molar-refractivity contribution in [3.8, 4) is 5.75 Å². The van der Waals surface area contributed by atoms with Crippen LogP contribution in [0.3, 0.4) is 0 Å². The van der Waals surface area contributed by atoms with Gasteiger partial charge in [0.1, 0.15) is 6.10 Å². The van der Waals surface area contributed by atoms with Crippen molar-refractivity contribution < 1.29 is 18.7 Å². The molecule has 2 rings (SSSR count). The van der Waals surface area contributed by atoms with Gasteiger partial charge in [0.25, 0.3) is 0 Å². The minimum Gasteiger partial charge on any atom is -0.486 e. The average Bonchev–Trinajstić information content (AvgIpc) is 2.79. The Labute approximate surface area is 123 Å². The summed E-state index contributed by atoms with van der Waals surface area (Å²) in [7, 11) is 1.68. The molecule has 0 aliphatic carbocycles. The molecule has 1 aromatic rings. The highest BCUT2D eigenvalue weighted by atomic mass is 19.1. The molecular formula is C15H19FN2O3. The van der Waals surface area contributed by atoms with Crippen molar-refractivity contribution in [1.29, 1.82) is 0 Å². The lowest BCUT2D eigenvalue weighted by molar-refractivity contribution is -0.128. The molecule has 1 heterocycles. The minimum absolute atomic E-state index is 0.0224. The number of para-hydroxylation sites is 1. The quantitative estimate of drug-likeness (QED) is 0.887. The number of nitrogens with zero attached hydrogens (tertiary/aromatic N) is 1. The fourth-order valence-electron chi connectivity index (χ4n) is 2.23. The number of carbonyl (C=O) groups is 2. The fraction of sp³-hybridized carbons (Fsp3) is 0.467. The molecule has 1 N–H and O–H groups in total. The summed E-state index contributed by atoms with van der Waals surface area (Å²) in [5.74, 6) is -0.778. The number of nitrogens with one attached hydrogen (secondary N) is 1. The second-order valence-corrected chi connectivity index (χ2v) is 5.28. The Morgan fingerprint density at radius 2 is 2.24 bits per heavy atom. The zero-order valence-corrected chi connectivity index (χ0v) is 12.1. The zero-order valence-electron chi connectivity index (χ0n) is 12.1. The van der Waals surface area contributed by atoms with Crippen molar-refractivity contribution in [2.75, 3.05) is 20.1 Å². The van der Waals surface area contributed by atoms with Crippen LogP contribution in [0.15, 0.2) is 24.3 Å². The highest BCUT2D eigenvalue weighted by Gasteiger charge is 2.32. The van der Waals surface area contributed by atoms with Crippen LogP contribution in [-0.2, 0) is 9.59 Å². The van der Waals surface area contributed by atoms with Gasteiger partial charge in [-0.2, -0.15) is 0 Å². The van der Waals surface area contributed by atoms with Crippen LogP contribution in [0.4, 0.5) is 4.39 Å². The molecule has 6 heteroatoms. The molecule has 1 fully saturated rings. The lowest BCUT2D eigenvalue weighted by atomic mass is 10.1. The molecule has 5 nitrogen and oxygen atoms in total. The normalized spacial score (nSPS) is 19.5. The van der Waals surface area contributed by atoms with E-state index in [2.05, 4.69) is 5.32 Å². The summed E-state index contributed by atoms with van der Waals surface area (Å²) < 4.78 is 18.9.